The highest BCUT2D eigenvalue weighted by molar-refractivity contribution is 5.93. The molecule has 0 saturated heterocycles. The molecule has 2 heterocycles. The minimum Gasteiger partial charge on any atom is -0.492 e. The largest absolute Gasteiger partial charge is 0.492 e. The van der Waals surface area contributed by atoms with Crippen molar-refractivity contribution in [2.24, 2.45) is 5.92 Å². The molecule has 0 spiro atoms. The van der Waals surface area contributed by atoms with Crippen LogP contribution in [0.15, 0.2) is 30.1 Å². The molecule has 1 aliphatic heterocycles. The molecule has 0 N–H and O–H groups in total. The fraction of sp³-hybridized carbons (Fsp3) is 0.556. The molecule has 25 heavy (non-hydrogen) atoms. The highest BCUT2D eigenvalue weighted by Crippen LogP contribution is 2.49. The van der Waals surface area contributed by atoms with Gasteiger partial charge >= 0.3 is 0 Å². The molecule has 1 unspecified atom stereocenters. The van der Waals surface area contributed by atoms with Gasteiger partial charge in [-0.1, -0.05) is 12.2 Å². The van der Waals surface area contributed by atoms with Crippen LogP contribution < -0.4 is 0 Å². The number of aromatic nitrogens is 2. The molecular weight excluding hydrogens is 328 g/mol. The number of hydrogen-bond acceptors (Lipinski definition) is 3. The van der Waals surface area contributed by atoms with Crippen LogP contribution in [0.5, 0.6) is 0 Å². The number of aryl methyl sites for hydroxylation is 1. The lowest BCUT2D eigenvalue weighted by Crippen LogP contribution is -2.33. The Bertz CT molecular complexity index is 739. The number of hydrogen-bond donors (Lipinski definition) is 0. The van der Waals surface area contributed by atoms with Gasteiger partial charge in [0.05, 0.1) is 5.76 Å². The first kappa shape index (κ1) is 16.3. The van der Waals surface area contributed by atoms with Gasteiger partial charge in [-0.25, -0.2) is 8.78 Å². The van der Waals surface area contributed by atoms with E-state index in [1.54, 1.807) is 15.6 Å². The first-order valence-electron chi connectivity index (χ1n) is 8.75. The maximum absolute atomic E-state index is 13.2. The molecule has 1 aromatic rings. The van der Waals surface area contributed by atoms with Gasteiger partial charge in [-0.3, -0.25) is 9.48 Å². The first-order chi connectivity index (χ1) is 12.0. The van der Waals surface area contributed by atoms with Gasteiger partial charge < -0.3 is 9.64 Å². The van der Waals surface area contributed by atoms with Crippen LogP contribution in [-0.4, -0.2) is 39.6 Å². The normalized spacial score (nSPS) is 24.6. The van der Waals surface area contributed by atoms with Crippen molar-refractivity contribution < 1.29 is 18.3 Å². The van der Waals surface area contributed by atoms with Gasteiger partial charge in [0.25, 0.3) is 11.8 Å². The Morgan fingerprint density at radius 3 is 2.92 bits per heavy atom. The number of fused-ring (bicyclic) bond motifs is 1. The van der Waals surface area contributed by atoms with E-state index >= 15 is 0 Å². The molecule has 1 saturated carbocycles. The van der Waals surface area contributed by atoms with Crippen molar-refractivity contribution in [2.75, 3.05) is 13.1 Å². The summed E-state index contributed by atoms with van der Waals surface area (Å²) in [6.45, 7) is 1.56. The topological polar surface area (TPSA) is 47.4 Å². The summed E-state index contributed by atoms with van der Waals surface area (Å²) in [6, 6.07) is 1.73. The monoisotopic (exact) mass is 349 g/mol. The molecule has 1 atom stereocenters. The van der Waals surface area contributed by atoms with Gasteiger partial charge in [0.15, 0.2) is 0 Å². The van der Waals surface area contributed by atoms with Crippen molar-refractivity contribution in [1.82, 2.24) is 14.7 Å². The summed E-state index contributed by atoms with van der Waals surface area (Å²) in [5, 5.41) is 4.45. The van der Waals surface area contributed by atoms with E-state index in [9.17, 15) is 13.6 Å². The smallest absolute Gasteiger partial charge is 0.272 e. The third kappa shape index (κ3) is 3.45. The molecule has 1 fully saturated rings. The van der Waals surface area contributed by atoms with Crippen LogP contribution in [0.2, 0.25) is 0 Å². The zero-order valence-corrected chi connectivity index (χ0v) is 14.0. The van der Waals surface area contributed by atoms with Crippen molar-refractivity contribution in [1.29, 1.82) is 0 Å². The molecule has 2 aliphatic carbocycles. The Hall–Kier alpha value is -2.18. The van der Waals surface area contributed by atoms with E-state index in [0.717, 1.165) is 25.0 Å². The van der Waals surface area contributed by atoms with E-state index in [4.69, 9.17) is 4.74 Å². The highest BCUT2D eigenvalue weighted by Gasteiger charge is 2.57. The minimum absolute atomic E-state index is 0.112. The lowest BCUT2D eigenvalue weighted by atomic mass is 10.2. The summed E-state index contributed by atoms with van der Waals surface area (Å²) in [5.41, 5.74) is 1.16. The van der Waals surface area contributed by atoms with Gasteiger partial charge in [-0.2, -0.15) is 5.10 Å². The average molecular weight is 349 g/mol. The standard InChI is InChI=1S/C18H21F2N3O2/c19-18(20)10-13(18)11-22-7-4-8-23-16(17(22)24)9-14(21-23)12-25-15-5-2-1-3-6-15/h1-2,5,9,13H,3-4,6-8,10-12H2. The van der Waals surface area contributed by atoms with Crippen LogP contribution in [0.4, 0.5) is 8.78 Å². The lowest BCUT2D eigenvalue weighted by Gasteiger charge is -2.19. The van der Waals surface area contributed by atoms with Crippen molar-refractivity contribution in [3.05, 3.63) is 41.4 Å². The average Bonchev–Trinajstić information content (AvgIpc) is 3.05. The Morgan fingerprint density at radius 2 is 2.20 bits per heavy atom. The van der Waals surface area contributed by atoms with Gasteiger partial charge in [-0.05, 0) is 25.0 Å². The number of alkyl halides is 2. The summed E-state index contributed by atoms with van der Waals surface area (Å²) in [6.07, 6.45) is 8.43. The number of halogens is 2. The fourth-order valence-corrected chi connectivity index (χ4v) is 3.33. The fourth-order valence-electron chi connectivity index (χ4n) is 3.33. The van der Waals surface area contributed by atoms with E-state index in [0.29, 0.717) is 31.1 Å². The predicted octanol–water partition coefficient (Wildman–Crippen LogP) is 3.13. The SMILES string of the molecule is O=C1c2cc(COC3=CC=CCC3)nn2CCCN1CC1CC1(F)F. The molecule has 1 amide bonds. The van der Waals surface area contributed by atoms with E-state index < -0.39 is 11.8 Å². The summed E-state index contributed by atoms with van der Waals surface area (Å²) in [5.74, 6) is -2.60. The Kier molecular flexibility index (Phi) is 4.09. The van der Waals surface area contributed by atoms with Crippen molar-refractivity contribution in [3.8, 4) is 0 Å². The quantitative estimate of drug-likeness (QED) is 0.820. The highest BCUT2D eigenvalue weighted by atomic mass is 19.3. The zero-order chi connectivity index (χ0) is 17.4. The molecular formula is C18H21F2N3O2. The minimum atomic E-state index is -2.60. The number of amides is 1. The number of ether oxygens (including phenoxy) is 1. The van der Waals surface area contributed by atoms with E-state index in [2.05, 4.69) is 11.2 Å². The van der Waals surface area contributed by atoms with Gasteiger partial charge in [0.2, 0.25) is 0 Å². The molecule has 3 aliphatic rings. The summed E-state index contributed by atoms with van der Waals surface area (Å²) in [4.78, 5) is 14.2. The molecule has 7 heteroatoms. The Labute approximate surface area is 144 Å². The van der Waals surface area contributed by atoms with Crippen molar-refractivity contribution in [2.45, 2.75) is 44.8 Å². The number of allylic oxidation sites excluding steroid dienone is 4. The van der Waals surface area contributed by atoms with Crippen molar-refractivity contribution >= 4 is 5.91 Å². The number of nitrogens with zero attached hydrogens (tertiary/aromatic N) is 3. The number of carbonyl (C=O) groups excluding carboxylic acids is 1. The van der Waals surface area contributed by atoms with Crippen LogP contribution in [-0.2, 0) is 17.9 Å². The van der Waals surface area contributed by atoms with Gasteiger partial charge in [-0.15, -0.1) is 0 Å². The molecule has 0 aromatic carbocycles. The second kappa shape index (κ2) is 6.28. The first-order valence-corrected chi connectivity index (χ1v) is 8.75. The molecule has 0 radical (unpaired) electrons. The maximum Gasteiger partial charge on any atom is 0.272 e. The summed E-state index contributed by atoms with van der Waals surface area (Å²) < 4.78 is 33.8. The zero-order valence-electron chi connectivity index (χ0n) is 14.0. The molecule has 0 bridgehead atoms. The second-order valence-electron chi connectivity index (χ2n) is 6.90. The lowest BCUT2D eigenvalue weighted by molar-refractivity contribution is 0.0660. The van der Waals surface area contributed by atoms with Crippen LogP contribution in [0.25, 0.3) is 0 Å². The van der Waals surface area contributed by atoms with E-state index in [1.807, 2.05) is 12.2 Å². The van der Waals surface area contributed by atoms with Crippen LogP contribution >= 0.6 is 0 Å². The number of carbonyl (C=O) groups is 1. The predicted molar refractivity (Wildman–Crippen MR) is 87.0 cm³/mol. The van der Waals surface area contributed by atoms with Crippen LogP contribution in [0.3, 0.4) is 0 Å². The Morgan fingerprint density at radius 1 is 1.36 bits per heavy atom. The number of rotatable bonds is 5. The van der Waals surface area contributed by atoms with Crippen molar-refractivity contribution in [3.63, 3.8) is 0 Å². The molecule has 5 nitrogen and oxygen atoms in total. The van der Waals surface area contributed by atoms with Crippen LogP contribution in [0.1, 0.15) is 41.9 Å². The van der Waals surface area contributed by atoms with Gasteiger partial charge in [0, 0.05) is 38.4 Å². The third-order valence-electron chi connectivity index (χ3n) is 4.91. The molecule has 4 rings (SSSR count). The van der Waals surface area contributed by atoms with Crippen LogP contribution in [0, 0.1) is 5.92 Å². The maximum atomic E-state index is 13.2. The molecule has 1 aromatic heterocycles. The summed E-state index contributed by atoms with van der Waals surface area (Å²) in [7, 11) is 0. The summed E-state index contributed by atoms with van der Waals surface area (Å²) >= 11 is 0. The Balaban J connectivity index is 1.43. The second-order valence-corrected chi connectivity index (χ2v) is 6.90. The molecule has 134 valence electrons. The van der Waals surface area contributed by atoms with E-state index in [-0.39, 0.29) is 18.9 Å². The van der Waals surface area contributed by atoms with Gasteiger partial charge in [0.1, 0.15) is 18.0 Å². The van der Waals surface area contributed by atoms with E-state index in [1.165, 1.54) is 0 Å². The third-order valence-corrected chi connectivity index (χ3v) is 4.91.